The molecule has 1 N–H and O–H groups in total. The Morgan fingerprint density at radius 1 is 1.14 bits per heavy atom. The fourth-order valence-corrected chi connectivity index (χ4v) is 4.99. The van der Waals surface area contributed by atoms with Crippen molar-refractivity contribution in [3.63, 3.8) is 0 Å². The van der Waals surface area contributed by atoms with Crippen LogP contribution in [0.1, 0.15) is 22.8 Å². The number of nitrogens with zero attached hydrogens (tertiary/aromatic N) is 1. The molecule has 2 amide bonds. The van der Waals surface area contributed by atoms with Crippen LogP contribution in [0.25, 0.3) is 0 Å². The van der Waals surface area contributed by atoms with Gasteiger partial charge in [0.25, 0.3) is 5.91 Å². The average molecular weight is 402 g/mol. The van der Waals surface area contributed by atoms with Crippen LogP contribution in [0.2, 0.25) is 0 Å². The van der Waals surface area contributed by atoms with Gasteiger partial charge in [-0.25, -0.2) is 12.7 Å². The van der Waals surface area contributed by atoms with E-state index < -0.39 is 21.8 Å². The van der Waals surface area contributed by atoms with E-state index in [0.717, 1.165) is 9.87 Å². The van der Waals surface area contributed by atoms with Crippen molar-refractivity contribution in [1.29, 1.82) is 0 Å². The Labute approximate surface area is 162 Å². The molecule has 8 nitrogen and oxygen atoms in total. The first-order valence-corrected chi connectivity index (χ1v) is 10.3. The predicted molar refractivity (Wildman–Crippen MR) is 101 cm³/mol. The molecule has 0 radical (unpaired) electrons. The molecule has 2 aliphatic heterocycles. The maximum Gasteiger partial charge on any atom is 0.251 e. The second kappa shape index (κ2) is 6.83. The molecule has 0 spiro atoms. The summed E-state index contributed by atoms with van der Waals surface area (Å²) in [6.07, 6.45) is 0. The number of benzene rings is 2. The molecule has 1 fully saturated rings. The fourth-order valence-electron chi connectivity index (χ4n) is 3.17. The molecule has 0 bridgehead atoms. The number of amides is 2. The highest BCUT2D eigenvalue weighted by molar-refractivity contribution is 7.94. The van der Waals surface area contributed by atoms with E-state index in [-0.39, 0.29) is 24.1 Å². The standard InChI is InChI=1S/C19H18N2O6S/c1-12-10-28(24,25)21(19(12)23)15-5-3-14(4-6-15)18(22)20-9-13-2-7-16-17(8-13)27-11-26-16/h2-8,12H,9-11H2,1H3,(H,20,22)/t12-/m1/s1. The van der Waals surface area contributed by atoms with E-state index in [9.17, 15) is 18.0 Å². The second-order valence-electron chi connectivity index (χ2n) is 6.70. The lowest BCUT2D eigenvalue weighted by Crippen LogP contribution is -2.30. The Morgan fingerprint density at radius 2 is 1.86 bits per heavy atom. The Morgan fingerprint density at radius 3 is 2.54 bits per heavy atom. The van der Waals surface area contributed by atoms with E-state index in [1.807, 2.05) is 6.07 Å². The van der Waals surface area contributed by atoms with Gasteiger partial charge in [-0.2, -0.15) is 0 Å². The van der Waals surface area contributed by atoms with Crippen LogP contribution in [-0.4, -0.2) is 32.8 Å². The van der Waals surface area contributed by atoms with Crippen LogP contribution in [0, 0.1) is 5.92 Å². The predicted octanol–water partition coefficient (Wildman–Crippen LogP) is 1.66. The second-order valence-corrected chi connectivity index (χ2v) is 8.56. The normalized spacial score (nSPS) is 19.7. The first-order chi connectivity index (χ1) is 13.3. The maximum absolute atomic E-state index is 12.4. The number of hydrogen-bond donors (Lipinski definition) is 1. The van der Waals surface area contributed by atoms with Crippen LogP contribution in [-0.2, 0) is 21.4 Å². The van der Waals surface area contributed by atoms with Crippen molar-refractivity contribution in [1.82, 2.24) is 5.32 Å². The number of carbonyl (C=O) groups is 2. The van der Waals surface area contributed by atoms with Gasteiger partial charge in [0.15, 0.2) is 11.5 Å². The number of rotatable bonds is 4. The smallest absolute Gasteiger partial charge is 0.251 e. The molecule has 4 rings (SSSR count). The van der Waals surface area contributed by atoms with Gasteiger partial charge in [-0.05, 0) is 42.0 Å². The Hall–Kier alpha value is -3.07. The maximum atomic E-state index is 12.4. The average Bonchev–Trinajstić information content (AvgIpc) is 3.21. The summed E-state index contributed by atoms with van der Waals surface area (Å²) in [6, 6.07) is 11.3. The largest absolute Gasteiger partial charge is 0.454 e. The number of carbonyl (C=O) groups excluding carboxylic acids is 2. The summed E-state index contributed by atoms with van der Waals surface area (Å²) in [5.41, 5.74) is 1.46. The summed E-state index contributed by atoms with van der Waals surface area (Å²) < 4.78 is 35.7. The van der Waals surface area contributed by atoms with Gasteiger partial charge in [0.05, 0.1) is 17.4 Å². The molecule has 1 atom stereocenters. The Bertz CT molecular complexity index is 1050. The molecule has 28 heavy (non-hydrogen) atoms. The number of fused-ring (bicyclic) bond motifs is 1. The molecule has 2 heterocycles. The molecule has 0 unspecified atom stereocenters. The van der Waals surface area contributed by atoms with Gasteiger partial charge in [-0.15, -0.1) is 0 Å². The van der Waals surface area contributed by atoms with E-state index in [2.05, 4.69) is 5.32 Å². The number of ether oxygens (including phenoxy) is 2. The minimum absolute atomic E-state index is 0.186. The van der Waals surface area contributed by atoms with E-state index in [4.69, 9.17) is 9.47 Å². The van der Waals surface area contributed by atoms with Gasteiger partial charge >= 0.3 is 0 Å². The number of nitrogens with one attached hydrogen (secondary N) is 1. The molecular formula is C19H18N2O6S. The monoisotopic (exact) mass is 402 g/mol. The van der Waals surface area contributed by atoms with Gasteiger partial charge < -0.3 is 14.8 Å². The van der Waals surface area contributed by atoms with Gasteiger partial charge in [0.1, 0.15) is 0 Å². The number of sulfonamides is 1. The molecule has 2 aromatic rings. The highest BCUT2D eigenvalue weighted by Crippen LogP contribution is 2.32. The van der Waals surface area contributed by atoms with Gasteiger partial charge in [0, 0.05) is 12.1 Å². The molecule has 2 aliphatic rings. The lowest BCUT2D eigenvalue weighted by atomic mass is 10.1. The lowest BCUT2D eigenvalue weighted by Gasteiger charge is -2.15. The summed E-state index contributed by atoms with van der Waals surface area (Å²) >= 11 is 0. The summed E-state index contributed by atoms with van der Waals surface area (Å²) in [5, 5.41) is 2.79. The van der Waals surface area contributed by atoms with Crippen molar-refractivity contribution >= 4 is 27.5 Å². The molecule has 0 aromatic heterocycles. The van der Waals surface area contributed by atoms with Gasteiger partial charge in [0.2, 0.25) is 22.7 Å². The number of anilines is 1. The zero-order valence-corrected chi connectivity index (χ0v) is 15.9. The van der Waals surface area contributed by atoms with Crippen molar-refractivity contribution < 1.29 is 27.5 Å². The first kappa shape index (κ1) is 18.3. The van der Waals surface area contributed by atoms with Crippen LogP contribution < -0.4 is 19.1 Å². The Kier molecular flexibility index (Phi) is 4.46. The summed E-state index contributed by atoms with van der Waals surface area (Å²) in [5.74, 6) is -0.236. The van der Waals surface area contributed by atoms with E-state index >= 15 is 0 Å². The molecule has 2 aromatic carbocycles. The van der Waals surface area contributed by atoms with Crippen LogP contribution in [0.15, 0.2) is 42.5 Å². The molecular weight excluding hydrogens is 384 g/mol. The summed E-state index contributed by atoms with van der Waals surface area (Å²) in [4.78, 5) is 24.5. The van der Waals surface area contributed by atoms with E-state index in [1.165, 1.54) is 24.3 Å². The minimum atomic E-state index is -3.66. The quantitative estimate of drug-likeness (QED) is 0.835. The first-order valence-electron chi connectivity index (χ1n) is 8.69. The Balaban J connectivity index is 1.44. The highest BCUT2D eigenvalue weighted by atomic mass is 32.2. The zero-order chi connectivity index (χ0) is 19.9. The third-order valence-corrected chi connectivity index (χ3v) is 6.48. The van der Waals surface area contributed by atoms with Crippen molar-refractivity contribution in [2.45, 2.75) is 13.5 Å². The highest BCUT2D eigenvalue weighted by Gasteiger charge is 2.41. The van der Waals surface area contributed by atoms with Crippen LogP contribution in [0.5, 0.6) is 11.5 Å². The molecule has 0 aliphatic carbocycles. The third kappa shape index (κ3) is 3.29. The van der Waals surface area contributed by atoms with Gasteiger partial charge in [-0.1, -0.05) is 13.0 Å². The third-order valence-electron chi connectivity index (χ3n) is 4.61. The number of hydrogen-bond acceptors (Lipinski definition) is 6. The van der Waals surface area contributed by atoms with Crippen molar-refractivity contribution in [2.75, 3.05) is 16.9 Å². The summed E-state index contributed by atoms with van der Waals surface area (Å²) in [7, 11) is -3.66. The van der Waals surface area contributed by atoms with Crippen molar-refractivity contribution in [3.05, 3.63) is 53.6 Å². The van der Waals surface area contributed by atoms with E-state index in [0.29, 0.717) is 23.6 Å². The zero-order valence-electron chi connectivity index (χ0n) is 15.0. The minimum Gasteiger partial charge on any atom is -0.454 e. The van der Waals surface area contributed by atoms with Crippen LogP contribution in [0.4, 0.5) is 5.69 Å². The van der Waals surface area contributed by atoms with Gasteiger partial charge in [-0.3, -0.25) is 9.59 Å². The lowest BCUT2D eigenvalue weighted by molar-refractivity contribution is -0.119. The SMILES string of the molecule is C[C@@H]1CS(=O)(=O)N(c2ccc(C(=O)NCc3ccc4c(c3)OCO4)cc2)C1=O. The van der Waals surface area contributed by atoms with Crippen LogP contribution >= 0.6 is 0 Å². The van der Waals surface area contributed by atoms with Crippen molar-refractivity contribution in [3.8, 4) is 11.5 Å². The fraction of sp³-hybridized carbons (Fsp3) is 0.263. The molecule has 0 saturated carbocycles. The van der Waals surface area contributed by atoms with Crippen molar-refractivity contribution in [2.24, 2.45) is 5.92 Å². The molecule has 1 saturated heterocycles. The topological polar surface area (TPSA) is 102 Å². The molecule has 9 heteroatoms. The van der Waals surface area contributed by atoms with E-state index in [1.54, 1.807) is 19.1 Å². The van der Waals surface area contributed by atoms with Crippen LogP contribution in [0.3, 0.4) is 0 Å². The summed E-state index contributed by atoms with van der Waals surface area (Å²) in [6.45, 7) is 2.07. The molecule has 146 valence electrons.